The largest absolute Gasteiger partial charge is 0.377 e. The van der Waals surface area contributed by atoms with Crippen LogP contribution in [0.3, 0.4) is 0 Å². The highest BCUT2D eigenvalue weighted by Crippen LogP contribution is 2.37. The van der Waals surface area contributed by atoms with E-state index in [2.05, 4.69) is 27.2 Å². The Labute approximate surface area is 174 Å². The molecule has 8 nitrogen and oxygen atoms in total. The van der Waals surface area contributed by atoms with Gasteiger partial charge >= 0.3 is 0 Å². The van der Waals surface area contributed by atoms with Crippen molar-refractivity contribution in [2.24, 2.45) is 11.5 Å². The van der Waals surface area contributed by atoms with E-state index in [9.17, 15) is 4.79 Å². The predicted octanol–water partition coefficient (Wildman–Crippen LogP) is 3.38. The van der Waals surface area contributed by atoms with Crippen LogP contribution in [0, 0.1) is 6.92 Å². The van der Waals surface area contributed by atoms with Gasteiger partial charge in [0.2, 0.25) is 5.91 Å². The summed E-state index contributed by atoms with van der Waals surface area (Å²) >= 11 is 0. The van der Waals surface area contributed by atoms with E-state index in [1.165, 1.54) is 18.5 Å². The number of primary amides is 1. The first-order valence-corrected chi connectivity index (χ1v) is 9.81. The molecule has 0 fully saturated rings. The van der Waals surface area contributed by atoms with E-state index < -0.39 is 5.91 Å². The number of halogens is 1. The van der Waals surface area contributed by atoms with Gasteiger partial charge in [0.1, 0.15) is 11.2 Å². The van der Waals surface area contributed by atoms with E-state index in [4.69, 9.17) is 11.5 Å². The summed E-state index contributed by atoms with van der Waals surface area (Å²) in [7, 11) is 0. The lowest BCUT2D eigenvalue weighted by Gasteiger charge is -2.26. The first-order valence-electron chi connectivity index (χ1n) is 9.81. The monoisotopic (exact) mass is 411 g/mol. The topological polar surface area (TPSA) is 123 Å². The number of aryl methyl sites for hydroxylation is 1. The molecule has 3 aromatic rings. The Morgan fingerprint density at radius 3 is 2.73 bits per heavy atom. The molecule has 9 heteroatoms. The number of pyridine rings is 1. The number of aromatic nitrogens is 3. The number of nitrogens with two attached hydrogens (primary N) is 2. The minimum Gasteiger partial charge on any atom is -0.377 e. The third kappa shape index (κ3) is 4.46. The molecule has 2 heterocycles. The maximum atomic E-state index is 15.5. The summed E-state index contributed by atoms with van der Waals surface area (Å²) in [6.45, 7) is 5.81. The van der Waals surface area contributed by atoms with Crippen LogP contribution in [-0.4, -0.2) is 32.9 Å². The molecule has 2 aromatic heterocycles. The lowest BCUT2D eigenvalue weighted by Crippen LogP contribution is -2.38. The summed E-state index contributed by atoms with van der Waals surface area (Å²) in [5.74, 6) is -0.684. The van der Waals surface area contributed by atoms with Gasteiger partial charge in [-0.2, -0.15) is 5.12 Å². The summed E-state index contributed by atoms with van der Waals surface area (Å²) in [5.41, 5.74) is 14.3. The number of anilines is 3. The van der Waals surface area contributed by atoms with Crippen molar-refractivity contribution >= 4 is 34.0 Å². The van der Waals surface area contributed by atoms with Crippen LogP contribution in [0.2, 0.25) is 0 Å². The Morgan fingerprint density at radius 2 is 2.07 bits per heavy atom. The Morgan fingerprint density at radius 1 is 1.30 bits per heavy atom. The third-order valence-electron chi connectivity index (χ3n) is 4.82. The highest BCUT2D eigenvalue weighted by atomic mass is 19.2. The van der Waals surface area contributed by atoms with Crippen LogP contribution in [0.5, 0.6) is 0 Å². The van der Waals surface area contributed by atoms with E-state index in [0.717, 1.165) is 18.5 Å². The summed E-state index contributed by atoms with van der Waals surface area (Å²) in [4.78, 5) is 24.4. The molecule has 5 N–H and O–H groups in total. The molecule has 0 aliphatic heterocycles. The van der Waals surface area contributed by atoms with Crippen molar-refractivity contribution in [2.45, 2.75) is 45.7 Å². The van der Waals surface area contributed by atoms with Crippen molar-refractivity contribution in [3.05, 3.63) is 48.0 Å². The van der Waals surface area contributed by atoms with Crippen LogP contribution in [-0.2, 0) is 0 Å². The maximum Gasteiger partial charge on any atom is 0.250 e. The number of nitrogens with one attached hydrogen (secondary N) is 1. The molecule has 0 saturated carbocycles. The molecule has 3 rings (SSSR count). The number of benzene rings is 1. The van der Waals surface area contributed by atoms with Crippen LogP contribution >= 0.6 is 0 Å². The summed E-state index contributed by atoms with van der Waals surface area (Å²) in [5, 5.41) is 3.83. The van der Waals surface area contributed by atoms with Crippen LogP contribution < -0.4 is 21.9 Å². The van der Waals surface area contributed by atoms with Crippen molar-refractivity contribution in [2.75, 3.05) is 10.4 Å². The average molecular weight is 411 g/mol. The standard InChI is InChI=1S/C21H26FN7O/c1-4-5-16(13(3)23)28-20-18(7-6-17-19(20)26-9-12(2)27-17)29(22)15-8-14(21(24)30)10-25-11-15/h6-11,13,16,28H,4-5,23H2,1-3H3,(H2,24,30)/t13-,16+/m0/s1. The smallest absolute Gasteiger partial charge is 0.250 e. The van der Waals surface area contributed by atoms with Gasteiger partial charge in [0.25, 0.3) is 0 Å². The molecule has 1 amide bonds. The molecule has 0 unspecified atom stereocenters. The number of fused-ring (bicyclic) bond motifs is 1. The second kappa shape index (κ2) is 9.00. The van der Waals surface area contributed by atoms with Gasteiger partial charge in [-0.05, 0) is 38.5 Å². The first-order chi connectivity index (χ1) is 14.3. The molecule has 0 aliphatic rings. The number of carbonyl (C=O) groups is 1. The second-order valence-corrected chi connectivity index (χ2v) is 7.31. The molecule has 2 atom stereocenters. The van der Waals surface area contributed by atoms with Gasteiger partial charge in [-0.25, -0.2) is 4.98 Å². The minimum absolute atomic E-state index is 0.0709. The zero-order valence-corrected chi connectivity index (χ0v) is 17.3. The zero-order chi connectivity index (χ0) is 21.8. The van der Waals surface area contributed by atoms with Gasteiger partial charge in [0.15, 0.2) is 0 Å². The fourth-order valence-corrected chi connectivity index (χ4v) is 3.25. The third-order valence-corrected chi connectivity index (χ3v) is 4.82. The van der Waals surface area contributed by atoms with E-state index in [-0.39, 0.29) is 29.0 Å². The first kappa shape index (κ1) is 21.4. The number of hydrogen-bond acceptors (Lipinski definition) is 7. The Bertz CT molecular complexity index is 1060. The summed E-state index contributed by atoms with van der Waals surface area (Å²) in [6.07, 6.45) is 5.96. The molecular weight excluding hydrogens is 385 g/mol. The zero-order valence-electron chi connectivity index (χ0n) is 17.3. The van der Waals surface area contributed by atoms with Gasteiger partial charge < -0.3 is 16.8 Å². The van der Waals surface area contributed by atoms with E-state index in [0.29, 0.717) is 21.8 Å². The summed E-state index contributed by atoms with van der Waals surface area (Å²) < 4.78 is 15.5. The molecule has 0 bridgehead atoms. The highest BCUT2D eigenvalue weighted by Gasteiger charge is 2.22. The van der Waals surface area contributed by atoms with Crippen LogP contribution in [0.4, 0.5) is 21.5 Å². The van der Waals surface area contributed by atoms with Crippen molar-refractivity contribution in [3.63, 3.8) is 0 Å². The van der Waals surface area contributed by atoms with Gasteiger partial charge in [0, 0.05) is 24.5 Å². The number of carbonyl (C=O) groups excluding carboxylic acids is 1. The fourth-order valence-electron chi connectivity index (χ4n) is 3.25. The second-order valence-electron chi connectivity index (χ2n) is 7.31. The van der Waals surface area contributed by atoms with E-state index >= 15 is 4.48 Å². The molecule has 0 spiro atoms. The molecule has 158 valence electrons. The van der Waals surface area contributed by atoms with Crippen LogP contribution in [0.25, 0.3) is 11.0 Å². The molecule has 0 aliphatic carbocycles. The van der Waals surface area contributed by atoms with Crippen LogP contribution in [0.15, 0.2) is 36.8 Å². The van der Waals surface area contributed by atoms with Gasteiger partial charge in [0.05, 0.1) is 34.3 Å². The average Bonchev–Trinajstić information content (AvgIpc) is 2.72. The van der Waals surface area contributed by atoms with Crippen molar-refractivity contribution in [1.29, 1.82) is 0 Å². The Balaban J connectivity index is 2.14. The maximum absolute atomic E-state index is 15.5. The SMILES string of the molecule is CCC[C@@H](Nc1c(N(F)c2cncc(C(N)=O)c2)ccc2nc(C)cnc12)[C@H](C)N. The molecule has 0 saturated heterocycles. The van der Waals surface area contributed by atoms with E-state index in [1.54, 1.807) is 18.3 Å². The number of amides is 1. The van der Waals surface area contributed by atoms with Crippen LogP contribution in [0.1, 0.15) is 42.7 Å². The quantitative estimate of drug-likeness (QED) is 0.486. The molecule has 30 heavy (non-hydrogen) atoms. The highest BCUT2D eigenvalue weighted by molar-refractivity contribution is 5.97. The lowest BCUT2D eigenvalue weighted by atomic mass is 10.0. The number of rotatable bonds is 8. The Hall–Kier alpha value is -3.33. The van der Waals surface area contributed by atoms with Gasteiger partial charge in [-0.3, -0.25) is 14.8 Å². The molecule has 0 radical (unpaired) electrons. The molecule has 1 aromatic carbocycles. The number of hydrogen-bond donors (Lipinski definition) is 3. The fraction of sp³-hybridized carbons (Fsp3) is 0.333. The Kier molecular flexibility index (Phi) is 6.41. The normalized spacial score (nSPS) is 13.1. The molecular formula is C21H26FN7O. The van der Waals surface area contributed by atoms with Crippen molar-refractivity contribution in [1.82, 2.24) is 15.0 Å². The lowest BCUT2D eigenvalue weighted by molar-refractivity contribution is 0.1000. The van der Waals surface area contributed by atoms with E-state index in [1.807, 2.05) is 13.8 Å². The van der Waals surface area contributed by atoms with Crippen molar-refractivity contribution < 1.29 is 9.28 Å². The van der Waals surface area contributed by atoms with Gasteiger partial charge in [-0.15, -0.1) is 0 Å². The summed E-state index contributed by atoms with van der Waals surface area (Å²) in [6, 6.07) is 4.40. The predicted molar refractivity (Wildman–Crippen MR) is 116 cm³/mol. The minimum atomic E-state index is -0.684. The van der Waals surface area contributed by atoms with Crippen molar-refractivity contribution in [3.8, 4) is 0 Å². The van der Waals surface area contributed by atoms with Gasteiger partial charge in [-0.1, -0.05) is 17.8 Å². The number of nitrogens with zero attached hydrogens (tertiary/aromatic N) is 4.